The van der Waals surface area contributed by atoms with E-state index in [1.54, 1.807) is 0 Å². The van der Waals surface area contributed by atoms with Gasteiger partial charge >= 0.3 is 0 Å². The number of hydrogen-bond acceptors (Lipinski definition) is 2. The summed E-state index contributed by atoms with van der Waals surface area (Å²) in [6.45, 7) is 2.52. The third-order valence-electron chi connectivity index (χ3n) is 3.81. The van der Waals surface area contributed by atoms with Gasteiger partial charge in [-0.05, 0) is 30.5 Å². The van der Waals surface area contributed by atoms with Crippen LogP contribution in [0.25, 0.3) is 0 Å². The number of rotatable bonds is 5. The minimum Gasteiger partial charge on any atom is -0.329 e. The van der Waals surface area contributed by atoms with E-state index in [1.807, 2.05) is 12.1 Å². The standard InChI is InChI=1S/C15H23FN2/c16-14-8-6-13(7-9-14)12-18(11-10-17)15-4-2-1-3-5-15/h6-9,15H,1-5,10-12,17H2. The van der Waals surface area contributed by atoms with E-state index in [2.05, 4.69) is 4.90 Å². The molecule has 0 aromatic heterocycles. The summed E-state index contributed by atoms with van der Waals surface area (Å²) in [4.78, 5) is 2.46. The van der Waals surface area contributed by atoms with Crippen LogP contribution in [-0.4, -0.2) is 24.0 Å². The van der Waals surface area contributed by atoms with Crippen LogP contribution in [0.3, 0.4) is 0 Å². The molecule has 0 heterocycles. The minimum absolute atomic E-state index is 0.165. The summed E-state index contributed by atoms with van der Waals surface area (Å²) in [6.07, 6.45) is 6.58. The van der Waals surface area contributed by atoms with Gasteiger partial charge in [0.1, 0.15) is 5.82 Å². The monoisotopic (exact) mass is 250 g/mol. The third kappa shape index (κ3) is 3.79. The van der Waals surface area contributed by atoms with Gasteiger partial charge in [-0.3, -0.25) is 4.90 Å². The molecular formula is C15H23FN2. The van der Waals surface area contributed by atoms with Crippen molar-refractivity contribution in [3.05, 3.63) is 35.6 Å². The van der Waals surface area contributed by atoms with Gasteiger partial charge in [-0.15, -0.1) is 0 Å². The van der Waals surface area contributed by atoms with E-state index >= 15 is 0 Å². The molecule has 0 radical (unpaired) electrons. The highest BCUT2D eigenvalue weighted by Gasteiger charge is 2.20. The van der Waals surface area contributed by atoms with Crippen molar-refractivity contribution < 1.29 is 4.39 Å². The van der Waals surface area contributed by atoms with Crippen LogP contribution in [0.2, 0.25) is 0 Å². The highest BCUT2D eigenvalue weighted by atomic mass is 19.1. The molecule has 0 spiro atoms. The van der Waals surface area contributed by atoms with Crippen LogP contribution in [0, 0.1) is 5.82 Å². The summed E-state index contributed by atoms with van der Waals surface area (Å²) in [6, 6.07) is 7.49. The molecule has 100 valence electrons. The lowest BCUT2D eigenvalue weighted by Gasteiger charge is -2.34. The first-order valence-electron chi connectivity index (χ1n) is 6.98. The van der Waals surface area contributed by atoms with E-state index in [9.17, 15) is 4.39 Å². The molecule has 0 aliphatic heterocycles. The number of nitrogens with two attached hydrogens (primary N) is 1. The first kappa shape index (κ1) is 13.5. The van der Waals surface area contributed by atoms with Crippen LogP contribution in [0.4, 0.5) is 4.39 Å². The van der Waals surface area contributed by atoms with Crippen molar-refractivity contribution in [3.8, 4) is 0 Å². The fourth-order valence-corrected chi connectivity index (χ4v) is 2.83. The molecule has 18 heavy (non-hydrogen) atoms. The maximum atomic E-state index is 12.9. The van der Waals surface area contributed by atoms with Crippen LogP contribution >= 0.6 is 0 Å². The molecule has 0 amide bonds. The average Bonchev–Trinajstić information content (AvgIpc) is 2.42. The molecule has 0 atom stereocenters. The van der Waals surface area contributed by atoms with Crippen LogP contribution < -0.4 is 5.73 Å². The molecule has 1 saturated carbocycles. The fourth-order valence-electron chi connectivity index (χ4n) is 2.83. The third-order valence-corrected chi connectivity index (χ3v) is 3.81. The van der Waals surface area contributed by atoms with E-state index in [4.69, 9.17) is 5.73 Å². The van der Waals surface area contributed by atoms with E-state index < -0.39 is 0 Å². The van der Waals surface area contributed by atoms with Gasteiger partial charge in [0.2, 0.25) is 0 Å². The summed E-state index contributed by atoms with van der Waals surface area (Å²) in [5, 5.41) is 0. The molecule has 1 aliphatic carbocycles. The molecular weight excluding hydrogens is 227 g/mol. The van der Waals surface area contributed by atoms with Gasteiger partial charge in [-0.25, -0.2) is 4.39 Å². The molecule has 0 saturated heterocycles. The van der Waals surface area contributed by atoms with E-state index in [1.165, 1.54) is 49.8 Å². The summed E-state index contributed by atoms with van der Waals surface area (Å²) in [5.74, 6) is -0.165. The SMILES string of the molecule is NCCN(Cc1ccc(F)cc1)C1CCCCC1. The second-order valence-corrected chi connectivity index (χ2v) is 5.18. The number of nitrogens with zero attached hydrogens (tertiary/aromatic N) is 1. The lowest BCUT2D eigenvalue weighted by atomic mass is 9.94. The van der Waals surface area contributed by atoms with Crippen molar-refractivity contribution in [2.75, 3.05) is 13.1 Å². The zero-order valence-electron chi connectivity index (χ0n) is 10.9. The number of halogens is 1. The normalized spacial score (nSPS) is 17.3. The van der Waals surface area contributed by atoms with Crippen molar-refractivity contribution in [2.45, 2.75) is 44.7 Å². The zero-order chi connectivity index (χ0) is 12.8. The van der Waals surface area contributed by atoms with Gasteiger partial charge in [-0.1, -0.05) is 31.4 Å². The fraction of sp³-hybridized carbons (Fsp3) is 0.600. The quantitative estimate of drug-likeness (QED) is 0.870. The van der Waals surface area contributed by atoms with Gasteiger partial charge in [0, 0.05) is 25.7 Å². The Morgan fingerprint density at radius 2 is 1.78 bits per heavy atom. The van der Waals surface area contributed by atoms with Gasteiger partial charge in [0.05, 0.1) is 0 Å². The zero-order valence-corrected chi connectivity index (χ0v) is 10.9. The Morgan fingerprint density at radius 3 is 2.39 bits per heavy atom. The van der Waals surface area contributed by atoms with Crippen LogP contribution in [0.5, 0.6) is 0 Å². The van der Waals surface area contributed by atoms with Crippen LogP contribution in [0.1, 0.15) is 37.7 Å². The summed E-state index contributed by atoms with van der Waals surface area (Å²) in [5.41, 5.74) is 6.89. The van der Waals surface area contributed by atoms with E-state index in [-0.39, 0.29) is 5.82 Å². The predicted molar refractivity (Wildman–Crippen MR) is 72.7 cm³/mol. The molecule has 1 fully saturated rings. The number of hydrogen-bond donors (Lipinski definition) is 1. The van der Waals surface area contributed by atoms with Crippen molar-refractivity contribution in [3.63, 3.8) is 0 Å². The Kier molecular flexibility index (Phi) is 5.14. The Hall–Kier alpha value is -0.930. The Morgan fingerprint density at radius 1 is 1.11 bits per heavy atom. The Balaban J connectivity index is 1.98. The van der Waals surface area contributed by atoms with Crippen molar-refractivity contribution in [1.29, 1.82) is 0 Å². The van der Waals surface area contributed by atoms with Crippen LogP contribution in [-0.2, 0) is 6.54 Å². The van der Waals surface area contributed by atoms with E-state index in [0.717, 1.165) is 13.1 Å². The smallest absolute Gasteiger partial charge is 0.123 e. The average molecular weight is 250 g/mol. The second-order valence-electron chi connectivity index (χ2n) is 5.18. The van der Waals surface area contributed by atoms with Gasteiger partial charge < -0.3 is 5.73 Å². The largest absolute Gasteiger partial charge is 0.329 e. The summed E-state index contributed by atoms with van der Waals surface area (Å²) in [7, 11) is 0. The highest BCUT2D eigenvalue weighted by molar-refractivity contribution is 5.16. The maximum Gasteiger partial charge on any atom is 0.123 e. The maximum absolute atomic E-state index is 12.9. The molecule has 3 heteroatoms. The van der Waals surface area contributed by atoms with Crippen LogP contribution in [0.15, 0.2) is 24.3 Å². The van der Waals surface area contributed by atoms with Crippen molar-refractivity contribution >= 4 is 0 Å². The molecule has 2 nitrogen and oxygen atoms in total. The minimum atomic E-state index is -0.165. The van der Waals surface area contributed by atoms with Crippen molar-refractivity contribution in [2.24, 2.45) is 5.73 Å². The lowest BCUT2D eigenvalue weighted by Crippen LogP contribution is -2.39. The molecule has 1 aliphatic rings. The molecule has 2 N–H and O–H groups in total. The van der Waals surface area contributed by atoms with Gasteiger partial charge in [0.25, 0.3) is 0 Å². The topological polar surface area (TPSA) is 29.3 Å². The van der Waals surface area contributed by atoms with Gasteiger partial charge in [0.15, 0.2) is 0 Å². The van der Waals surface area contributed by atoms with Gasteiger partial charge in [-0.2, -0.15) is 0 Å². The highest BCUT2D eigenvalue weighted by Crippen LogP contribution is 2.23. The Labute approximate surface area is 109 Å². The lowest BCUT2D eigenvalue weighted by molar-refractivity contribution is 0.152. The van der Waals surface area contributed by atoms with Crippen molar-refractivity contribution in [1.82, 2.24) is 4.90 Å². The summed E-state index contributed by atoms with van der Waals surface area (Å²) >= 11 is 0. The number of benzene rings is 1. The Bertz CT molecular complexity index is 344. The molecule has 0 bridgehead atoms. The van der Waals surface area contributed by atoms with E-state index in [0.29, 0.717) is 12.6 Å². The summed E-state index contributed by atoms with van der Waals surface area (Å²) < 4.78 is 12.9. The first-order valence-corrected chi connectivity index (χ1v) is 6.98. The molecule has 1 aromatic rings. The molecule has 1 aromatic carbocycles. The second kappa shape index (κ2) is 6.86. The first-order chi connectivity index (χ1) is 8.79. The molecule has 0 unspecified atom stereocenters. The predicted octanol–water partition coefficient (Wildman–Crippen LogP) is 2.92. The molecule has 2 rings (SSSR count).